The van der Waals surface area contributed by atoms with Gasteiger partial charge in [0.05, 0.1) is 11.1 Å². The Labute approximate surface area is 121 Å². The van der Waals surface area contributed by atoms with Gasteiger partial charge in [-0.1, -0.05) is 5.16 Å². The third-order valence-corrected chi connectivity index (χ3v) is 3.38. The zero-order valence-corrected chi connectivity index (χ0v) is 11.4. The molecule has 1 amide bonds. The standard InChI is InChI=1S/C12H13N5O2.ClH/c13-9(18)7-2-3-8(15-6-7)10-16-11(17-19-10)12(14)4-1-5-12;/h2-3,6H,1,4-5,14H2,(H2,13,18);1H. The molecule has 3 rings (SSSR count). The summed E-state index contributed by atoms with van der Waals surface area (Å²) in [4.78, 5) is 19.3. The van der Waals surface area contributed by atoms with Crippen molar-refractivity contribution in [2.75, 3.05) is 0 Å². The number of nitrogens with zero attached hydrogens (tertiary/aromatic N) is 3. The van der Waals surface area contributed by atoms with Gasteiger partial charge in [0.2, 0.25) is 5.91 Å². The number of hydrogen-bond acceptors (Lipinski definition) is 6. The summed E-state index contributed by atoms with van der Waals surface area (Å²) in [7, 11) is 0. The van der Waals surface area contributed by atoms with Crippen LogP contribution in [0.4, 0.5) is 0 Å². The second-order valence-corrected chi connectivity index (χ2v) is 4.73. The van der Waals surface area contributed by atoms with Gasteiger partial charge in [-0.15, -0.1) is 12.4 Å². The molecule has 0 aromatic carbocycles. The van der Waals surface area contributed by atoms with Crippen LogP contribution in [0, 0.1) is 0 Å². The molecule has 2 aromatic heterocycles. The van der Waals surface area contributed by atoms with Gasteiger partial charge >= 0.3 is 0 Å². The van der Waals surface area contributed by atoms with Crippen molar-refractivity contribution < 1.29 is 9.32 Å². The molecule has 1 fully saturated rings. The molecule has 0 atom stereocenters. The number of amides is 1. The molecule has 7 nitrogen and oxygen atoms in total. The molecule has 4 N–H and O–H groups in total. The van der Waals surface area contributed by atoms with Crippen LogP contribution < -0.4 is 11.5 Å². The van der Waals surface area contributed by atoms with Gasteiger partial charge in [-0.25, -0.2) is 0 Å². The highest BCUT2D eigenvalue weighted by molar-refractivity contribution is 5.92. The lowest BCUT2D eigenvalue weighted by Gasteiger charge is -2.34. The smallest absolute Gasteiger partial charge is 0.276 e. The van der Waals surface area contributed by atoms with Crippen LogP contribution in [0.3, 0.4) is 0 Å². The van der Waals surface area contributed by atoms with Crippen molar-refractivity contribution >= 4 is 18.3 Å². The van der Waals surface area contributed by atoms with Crippen LogP contribution in [-0.2, 0) is 5.54 Å². The number of carbonyl (C=O) groups excluding carboxylic acids is 1. The first kappa shape index (κ1) is 14.4. The Bertz CT molecular complexity index is 621. The van der Waals surface area contributed by atoms with Gasteiger partial charge in [-0.3, -0.25) is 9.78 Å². The Morgan fingerprint density at radius 1 is 1.35 bits per heavy atom. The maximum atomic E-state index is 10.9. The maximum Gasteiger partial charge on any atom is 0.276 e. The Morgan fingerprint density at radius 3 is 2.60 bits per heavy atom. The number of halogens is 1. The van der Waals surface area contributed by atoms with Crippen LogP contribution in [0.1, 0.15) is 35.4 Å². The van der Waals surface area contributed by atoms with Crippen molar-refractivity contribution in [3.63, 3.8) is 0 Å². The van der Waals surface area contributed by atoms with Crippen LogP contribution in [0.25, 0.3) is 11.6 Å². The molecule has 0 unspecified atom stereocenters. The van der Waals surface area contributed by atoms with Crippen molar-refractivity contribution in [2.24, 2.45) is 11.5 Å². The third kappa shape index (κ3) is 2.37. The zero-order valence-electron chi connectivity index (χ0n) is 10.6. The topological polar surface area (TPSA) is 121 Å². The fourth-order valence-electron chi connectivity index (χ4n) is 1.98. The molecule has 2 heterocycles. The monoisotopic (exact) mass is 295 g/mol. The molecular weight excluding hydrogens is 282 g/mol. The van der Waals surface area contributed by atoms with Crippen LogP contribution in [0.2, 0.25) is 0 Å². The fraction of sp³-hybridized carbons (Fsp3) is 0.333. The molecule has 2 aromatic rings. The molecule has 1 saturated carbocycles. The van der Waals surface area contributed by atoms with E-state index in [-0.39, 0.29) is 12.4 Å². The van der Waals surface area contributed by atoms with Gasteiger partial charge in [-0.2, -0.15) is 4.98 Å². The van der Waals surface area contributed by atoms with Crippen molar-refractivity contribution in [3.8, 4) is 11.6 Å². The summed E-state index contributed by atoms with van der Waals surface area (Å²) in [6, 6.07) is 3.18. The molecule has 1 aliphatic carbocycles. The summed E-state index contributed by atoms with van der Waals surface area (Å²) >= 11 is 0. The molecule has 0 radical (unpaired) electrons. The van der Waals surface area contributed by atoms with Gasteiger partial charge in [0, 0.05) is 6.20 Å². The largest absolute Gasteiger partial charge is 0.366 e. The van der Waals surface area contributed by atoms with Crippen molar-refractivity contribution in [1.29, 1.82) is 0 Å². The zero-order chi connectivity index (χ0) is 13.5. The van der Waals surface area contributed by atoms with Crippen LogP contribution >= 0.6 is 12.4 Å². The Hall–Kier alpha value is -1.99. The van der Waals surface area contributed by atoms with Gasteiger partial charge < -0.3 is 16.0 Å². The molecule has 0 aliphatic heterocycles. The maximum absolute atomic E-state index is 10.9. The minimum atomic E-state index is -0.527. The van der Waals surface area contributed by atoms with Crippen molar-refractivity contribution in [3.05, 3.63) is 29.7 Å². The number of pyridine rings is 1. The summed E-state index contributed by atoms with van der Waals surface area (Å²) in [6.07, 6.45) is 4.18. The fourth-order valence-corrected chi connectivity index (χ4v) is 1.98. The van der Waals surface area contributed by atoms with E-state index in [4.69, 9.17) is 16.0 Å². The molecule has 0 saturated heterocycles. The van der Waals surface area contributed by atoms with Crippen molar-refractivity contribution in [2.45, 2.75) is 24.8 Å². The normalized spacial score (nSPS) is 16.1. The van der Waals surface area contributed by atoms with E-state index in [1.165, 1.54) is 6.20 Å². The third-order valence-electron chi connectivity index (χ3n) is 3.38. The number of hydrogen-bond donors (Lipinski definition) is 2. The summed E-state index contributed by atoms with van der Waals surface area (Å²) in [5, 5.41) is 3.90. The lowest BCUT2D eigenvalue weighted by atomic mass is 9.77. The summed E-state index contributed by atoms with van der Waals surface area (Å²) in [5.74, 6) is 0.276. The summed E-state index contributed by atoms with van der Waals surface area (Å²) in [5.41, 5.74) is 11.6. The van der Waals surface area contributed by atoms with Crippen LogP contribution in [0.5, 0.6) is 0 Å². The number of rotatable bonds is 3. The van der Waals surface area contributed by atoms with Gasteiger partial charge in [-0.05, 0) is 31.4 Å². The first-order chi connectivity index (χ1) is 9.08. The second kappa shape index (κ2) is 5.18. The number of nitrogens with two attached hydrogens (primary N) is 2. The summed E-state index contributed by atoms with van der Waals surface area (Å²) < 4.78 is 5.15. The van der Waals surface area contributed by atoms with E-state index >= 15 is 0 Å². The quantitative estimate of drug-likeness (QED) is 0.871. The Kier molecular flexibility index (Phi) is 3.74. The minimum Gasteiger partial charge on any atom is -0.366 e. The second-order valence-electron chi connectivity index (χ2n) is 4.73. The summed E-state index contributed by atoms with van der Waals surface area (Å²) in [6.45, 7) is 0. The molecular formula is C12H14ClN5O2. The van der Waals surface area contributed by atoms with Gasteiger partial charge in [0.15, 0.2) is 5.82 Å². The van der Waals surface area contributed by atoms with E-state index in [0.29, 0.717) is 23.0 Å². The Morgan fingerprint density at radius 2 is 2.10 bits per heavy atom. The first-order valence-electron chi connectivity index (χ1n) is 5.98. The van der Waals surface area contributed by atoms with E-state index in [2.05, 4.69) is 15.1 Å². The molecule has 20 heavy (non-hydrogen) atoms. The predicted octanol–water partition coefficient (Wildman–Crippen LogP) is 0.990. The average Bonchev–Trinajstić information content (AvgIpc) is 2.86. The predicted molar refractivity (Wildman–Crippen MR) is 73.0 cm³/mol. The van der Waals surface area contributed by atoms with Gasteiger partial charge in [0.25, 0.3) is 5.89 Å². The van der Waals surface area contributed by atoms with E-state index in [1.54, 1.807) is 12.1 Å². The minimum absolute atomic E-state index is 0. The van der Waals surface area contributed by atoms with E-state index < -0.39 is 11.4 Å². The highest BCUT2D eigenvalue weighted by Gasteiger charge is 2.39. The van der Waals surface area contributed by atoms with E-state index in [0.717, 1.165) is 19.3 Å². The number of primary amides is 1. The molecule has 0 spiro atoms. The highest BCUT2D eigenvalue weighted by atomic mass is 35.5. The molecule has 1 aliphatic rings. The number of carbonyl (C=O) groups is 1. The highest BCUT2D eigenvalue weighted by Crippen LogP contribution is 2.37. The lowest BCUT2D eigenvalue weighted by Crippen LogP contribution is -2.44. The first-order valence-corrected chi connectivity index (χ1v) is 5.98. The van der Waals surface area contributed by atoms with E-state index in [9.17, 15) is 4.79 Å². The van der Waals surface area contributed by atoms with Crippen LogP contribution in [-0.4, -0.2) is 21.0 Å². The molecule has 106 valence electrons. The average molecular weight is 296 g/mol. The van der Waals surface area contributed by atoms with E-state index in [1.807, 2.05) is 0 Å². The number of aromatic nitrogens is 3. The van der Waals surface area contributed by atoms with Crippen molar-refractivity contribution in [1.82, 2.24) is 15.1 Å². The molecule has 8 heteroatoms. The van der Waals surface area contributed by atoms with Crippen LogP contribution in [0.15, 0.2) is 22.9 Å². The SMILES string of the molecule is Cl.NC(=O)c1ccc(-c2nc(C3(N)CCC3)no2)nc1. The molecule has 0 bridgehead atoms. The lowest BCUT2D eigenvalue weighted by molar-refractivity contribution is 0.1000. The van der Waals surface area contributed by atoms with Gasteiger partial charge in [0.1, 0.15) is 5.69 Å². The Balaban J connectivity index is 0.00000147.